The molecule has 2 aromatic carbocycles. The highest BCUT2D eigenvalue weighted by atomic mass is 32.1. The Kier molecular flexibility index (Phi) is 7.21. The van der Waals surface area contributed by atoms with Gasteiger partial charge in [-0.3, -0.25) is 29.3 Å². The number of thiazole rings is 1. The number of anilines is 1. The van der Waals surface area contributed by atoms with E-state index in [0.29, 0.717) is 23.2 Å². The lowest BCUT2D eigenvalue weighted by Crippen LogP contribution is -2.52. The molecule has 2 unspecified atom stereocenters. The number of benzene rings is 2. The first-order valence-corrected chi connectivity index (χ1v) is 14.2. The minimum absolute atomic E-state index is 0.0304. The molecule has 4 amide bonds. The fourth-order valence-corrected chi connectivity index (χ4v) is 6.11. The van der Waals surface area contributed by atoms with Gasteiger partial charge in [-0.05, 0) is 30.0 Å². The second kappa shape index (κ2) is 11.1. The standard InChI is InChI=1S/C30H25N5O6S/c36-23-11-17(16-5-2-1-3-6-16)12-24(37)19(23)13-31-30-32-14-25(42-30)28(40)33-21-8-4-7-18-20(21)15-35(29(18)41)22-9-10-26(38)34-27(22)39/h1-8,13-14,17,22,36H,9-12,15H2,(H,33,40)(H,34,38,39)/b31-13+. The molecule has 0 bridgehead atoms. The quantitative estimate of drug-likeness (QED) is 0.294. The van der Waals surface area contributed by atoms with Crippen molar-refractivity contribution in [1.29, 1.82) is 0 Å². The summed E-state index contributed by atoms with van der Waals surface area (Å²) in [4.78, 5) is 72.8. The number of allylic oxidation sites excluding steroid dienone is 2. The van der Waals surface area contributed by atoms with Gasteiger partial charge in [0.15, 0.2) is 5.78 Å². The van der Waals surface area contributed by atoms with E-state index in [1.807, 2.05) is 30.3 Å². The predicted molar refractivity (Wildman–Crippen MR) is 154 cm³/mol. The van der Waals surface area contributed by atoms with Crippen LogP contribution < -0.4 is 10.6 Å². The SMILES string of the molecule is O=C1CCC(N2Cc3c(NC(=O)c4cnc(/N=C/C5=C(O)CC(c6ccccc6)CC5=O)s4)cccc3C2=O)C(=O)N1. The van der Waals surface area contributed by atoms with Gasteiger partial charge in [0, 0.05) is 48.8 Å². The second-order valence-electron chi connectivity index (χ2n) is 10.3. The number of nitrogens with one attached hydrogen (secondary N) is 2. The van der Waals surface area contributed by atoms with E-state index in [1.54, 1.807) is 18.2 Å². The lowest BCUT2D eigenvalue weighted by atomic mass is 9.83. The van der Waals surface area contributed by atoms with E-state index in [2.05, 4.69) is 20.6 Å². The molecule has 0 radical (unpaired) electrons. The van der Waals surface area contributed by atoms with Crippen LogP contribution in [0.25, 0.3) is 0 Å². The number of ketones is 1. The maximum absolute atomic E-state index is 13.1. The summed E-state index contributed by atoms with van der Waals surface area (Å²) in [6.45, 7) is 0.118. The molecule has 12 heteroatoms. The molecular weight excluding hydrogens is 558 g/mol. The molecule has 0 saturated carbocycles. The van der Waals surface area contributed by atoms with Gasteiger partial charge in [-0.15, -0.1) is 0 Å². The average molecular weight is 584 g/mol. The molecule has 6 rings (SSSR count). The summed E-state index contributed by atoms with van der Waals surface area (Å²) in [5.74, 6) is -2.02. The topological polar surface area (TPSA) is 158 Å². The maximum atomic E-state index is 13.1. The number of nitrogens with zero attached hydrogens (tertiary/aromatic N) is 3. The van der Waals surface area contributed by atoms with Gasteiger partial charge in [0.2, 0.25) is 16.9 Å². The monoisotopic (exact) mass is 583 g/mol. The Balaban J connectivity index is 1.13. The molecule has 3 aromatic rings. The number of Topliss-reactive ketones (excluding diaryl/α,β-unsaturated/α-hetero) is 1. The molecule has 3 N–H and O–H groups in total. The predicted octanol–water partition coefficient (Wildman–Crippen LogP) is 3.82. The average Bonchev–Trinajstić information content (AvgIpc) is 3.58. The van der Waals surface area contributed by atoms with E-state index in [9.17, 15) is 29.1 Å². The first-order valence-electron chi connectivity index (χ1n) is 13.4. The summed E-state index contributed by atoms with van der Waals surface area (Å²) in [7, 11) is 0. The van der Waals surface area contributed by atoms with Crippen molar-refractivity contribution in [3.05, 3.63) is 87.6 Å². The summed E-state index contributed by atoms with van der Waals surface area (Å²) < 4.78 is 0. The highest BCUT2D eigenvalue weighted by molar-refractivity contribution is 7.17. The Morgan fingerprint density at radius 2 is 1.90 bits per heavy atom. The molecule has 42 heavy (non-hydrogen) atoms. The number of aliphatic imine (C=N–C) groups is 1. The fraction of sp³-hybridized carbons (Fsp3) is 0.233. The Morgan fingerprint density at radius 3 is 2.67 bits per heavy atom. The number of piperidine rings is 1. The van der Waals surface area contributed by atoms with E-state index in [-0.39, 0.29) is 70.7 Å². The van der Waals surface area contributed by atoms with E-state index < -0.39 is 17.9 Å². The van der Waals surface area contributed by atoms with Crippen LogP contribution in [0.1, 0.15) is 62.8 Å². The van der Waals surface area contributed by atoms with Crippen LogP contribution in [0.2, 0.25) is 0 Å². The molecule has 3 aliphatic rings. The fourth-order valence-electron chi connectivity index (χ4n) is 5.45. The summed E-state index contributed by atoms with van der Waals surface area (Å²) in [5, 5.41) is 15.9. The third-order valence-corrected chi connectivity index (χ3v) is 8.51. The highest BCUT2D eigenvalue weighted by Crippen LogP contribution is 2.35. The van der Waals surface area contributed by atoms with Gasteiger partial charge in [0.1, 0.15) is 16.7 Å². The van der Waals surface area contributed by atoms with E-state index in [1.165, 1.54) is 17.3 Å². The minimum Gasteiger partial charge on any atom is -0.511 e. The number of imide groups is 1. The van der Waals surface area contributed by atoms with Crippen molar-refractivity contribution < 1.29 is 29.1 Å². The molecular formula is C30H25N5O6S. The lowest BCUT2D eigenvalue weighted by Gasteiger charge is -2.29. The molecule has 2 atom stereocenters. The number of aliphatic hydroxyl groups is 1. The number of rotatable bonds is 6. The second-order valence-corrected chi connectivity index (χ2v) is 11.3. The van der Waals surface area contributed by atoms with Crippen LogP contribution in [0.15, 0.2) is 71.1 Å². The third kappa shape index (κ3) is 5.23. The number of hydrogen-bond donors (Lipinski definition) is 3. The molecule has 11 nitrogen and oxygen atoms in total. The van der Waals surface area contributed by atoms with Gasteiger partial charge in [0.25, 0.3) is 11.8 Å². The molecule has 1 aliphatic carbocycles. The molecule has 1 fully saturated rings. The van der Waals surface area contributed by atoms with Crippen LogP contribution in [0.3, 0.4) is 0 Å². The van der Waals surface area contributed by atoms with Gasteiger partial charge in [-0.1, -0.05) is 47.7 Å². The zero-order chi connectivity index (χ0) is 29.4. The van der Waals surface area contributed by atoms with E-state index in [4.69, 9.17) is 0 Å². The van der Waals surface area contributed by atoms with Crippen molar-refractivity contribution in [3.8, 4) is 0 Å². The number of aromatic nitrogens is 1. The molecule has 3 heterocycles. The van der Waals surface area contributed by atoms with E-state index >= 15 is 0 Å². The Bertz CT molecular complexity index is 1690. The number of carbonyl (C=O) groups excluding carboxylic acids is 5. The van der Waals surface area contributed by atoms with Crippen LogP contribution in [0.5, 0.6) is 0 Å². The van der Waals surface area contributed by atoms with Gasteiger partial charge in [-0.25, -0.2) is 9.98 Å². The van der Waals surface area contributed by atoms with Crippen molar-refractivity contribution in [2.24, 2.45) is 4.99 Å². The van der Waals surface area contributed by atoms with Crippen molar-refractivity contribution in [3.63, 3.8) is 0 Å². The molecule has 2 aliphatic heterocycles. The van der Waals surface area contributed by atoms with Crippen LogP contribution in [-0.4, -0.2) is 56.7 Å². The lowest BCUT2D eigenvalue weighted by molar-refractivity contribution is -0.137. The Labute approximate surface area is 244 Å². The largest absolute Gasteiger partial charge is 0.511 e. The summed E-state index contributed by atoms with van der Waals surface area (Å²) in [5.41, 5.74) is 2.51. The number of aliphatic hydroxyl groups excluding tert-OH is 1. The Hall–Kier alpha value is -4.97. The highest BCUT2D eigenvalue weighted by Gasteiger charge is 2.40. The number of carbonyl (C=O) groups is 5. The normalized spacial score (nSPS) is 20.7. The van der Waals surface area contributed by atoms with Gasteiger partial charge in [-0.2, -0.15) is 0 Å². The maximum Gasteiger partial charge on any atom is 0.267 e. The van der Waals surface area contributed by atoms with Crippen LogP contribution in [0, 0.1) is 0 Å². The van der Waals surface area contributed by atoms with E-state index in [0.717, 1.165) is 16.9 Å². The smallest absolute Gasteiger partial charge is 0.267 e. The number of amides is 4. The van der Waals surface area contributed by atoms with Gasteiger partial charge in [0.05, 0.1) is 11.8 Å². The molecule has 1 aromatic heterocycles. The minimum atomic E-state index is -0.761. The van der Waals surface area contributed by atoms with Crippen molar-refractivity contribution in [1.82, 2.24) is 15.2 Å². The van der Waals surface area contributed by atoms with Crippen LogP contribution >= 0.6 is 11.3 Å². The van der Waals surface area contributed by atoms with Crippen LogP contribution in [0.4, 0.5) is 10.8 Å². The molecule has 212 valence electrons. The van der Waals surface area contributed by atoms with Crippen molar-refractivity contribution in [2.75, 3.05) is 5.32 Å². The zero-order valence-corrected chi connectivity index (χ0v) is 23.0. The third-order valence-electron chi connectivity index (χ3n) is 7.61. The zero-order valence-electron chi connectivity index (χ0n) is 22.2. The molecule has 0 spiro atoms. The van der Waals surface area contributed by atoms with Crippen LogP contribution in [-0.2, 0) is 20.9 Å². The first kappa shape index (κ1) is 27.2. The number of hydrogen-bond acceptors (Lipinski definition) is 9. The van der Waals surface area contributed by atoms with Crippen molar-refractivity contribution >= 4 is 57.8 Å². The van der Waals surface area contributed by atoms with Crippen molar-refractivity contribution in [2.45, 2.75) is 44.2 Å². The summed E-state index contributed by atoms with van der Waals surface area (Å²) in [6, 6.07) is 13.8. The summed E-state index contributed by atoms with van der Waals surface area (Å²) in [6.07, 6.45) is 3.62. The van der Waals surface area contributed by atoms with Gasteiger partial charge < -0.3 is 15.3 Å². The Morgan fingerprint density at radius 1 is 1.10 bits per heavy atom. The molecule has 1 saturated heterocycles. The number of fused-ring (bicyclic) bond motifs is 1. The van der Waals surface area contributed by atoms with Gasteiger partial charge >= 0.3 is 0 Å². The summed E-state index contributed by atoms with van der Waals surface area (Å²) >= 11 is 1.01. The first-order chi connectivity index (χ1) is 20.3.